The van der Waals surface area contributed by atoms with Crippen LogP contribution in [-0.4, -0.2) is 18.9 Å². The molecule has 0 fully saturated rings. The molecule has 1 aromatic rings. The smallest absolute Gasteiger partial charge is 0.341 e. The van der Waals surface area contributed by atoms with Crippen LogP contribution in [0.3, 0.4) is 0 Å². The number of thiophene rings is 1. The Morgan fingerprint density at radius 1 is 1.44 bits per heavy atom. The lowest BCUT2D eigenvalue weighted by Gasteiger charge is -1.98. The van der Waals surface area contributed by atoms with Crippen molar-refractivity contribution < 1.29 is 14.3 Å². The molecule has 0 aromatic carbocycles. The number of allylic oxidation sites excluding steroid dienone is 2. The number of methoxy groups -OCH3 is 1. The van der Waals surface area contributed by atoms with E-state index in [4.69, 9.17) is 0 Å². The standard InChI is InChI=1S/C12H12O3S/c1-9(13)11(12(14)15-2)7-3-5-10-6-4-8-16-10/h3-8H,1-2H3. The first-order valence-electron chi connectivity index (χ1n) is 4.66. The highest BCUT2D eigenvalue weighted by atomic mass is 32.1. The molecule has 1 heterocycles. The molecule has 1 aromatic heterocycles. The minimum absolute atomic E-state index is 0.0512. The van der Waals surface area contributed by atoms with Crippen LogP contribution < -0.4 is 0 Å². The van der Waals surface area contributed by atoms with Gasteiger partial charge in [-0.25, -0.2) is 4.79 Å². The van der Waals surface area contributed by atoms with Crippen LogP contribution in [0.25, 0.3) is 6.08 Å². The van der Waals surface area contributed by atoms with Gasteiger partial charge in [-0.3, -0.25) is 4.79 Å². The van der Waals surface area contributed by atoms with Crippen molar-refractivity contribution in [3.63, 3.8) is 0 Å². The quantitative estimate of drug-likeness (QED) is 0.265. The van der Waals surface area contributed by atoms with E-state index >= 15 is 0 Å². The molecule has 16 heavy (non-hydrogen) atoms. The zero-order chi connectivity index (χ0) is 12.0. The van der Waals surface area contributed by atoms with E-state index < -0.39 is 5.97 Å². The Balaban J connectivity index is 2.80. The second-order valence-electron chi connectivity index (χ2n) is 3.00. The zero-order valence-corrected chi connectivity index (χ0v) is 9.91. The molecular weight excluding hydrogens is 224 g/mol. The van der Waals surface area contributed by atoms with Gasteiger partial charge in [0.25, 0.3) is 0 Å². The predicted molar refractivity (Wildman–Crippen MR) is 64.1 cm³/mol. The summed E-state index contributed by atoms with van der Waals surface area (Å²) in [5, 5.41) is 1.95. The molecule has 0 unspecified atom stereocenters. The number of rotatable bonds is 4. The summed E-state index contributed by atoms with van der Waals surface area (Å²) in [7, 11) is 1.25. The molecule has 0 N–H and O–H groups in total. The van der Waals surface area contributed by atoms with E-state index in [9.17, 15) is 9.59 Å². The molecule has 0 atom stereocenters. The summed E-state index contributed by atoms with van der Waals surface area (Å²) in [6.07, 6.45) is 4.96. The van der Waals surface area contributed by atoms with Gasteiger partial charge in [0, 0.05) is 4.88 Å². The van der Waals surface area contributed by atoms with Crippen molar-refractivity contribution in [2.45, 2.75) is 6.92 Å². The Labute approximate surface area is 98.0 Å². The van der Waals surface area contributed by atoms with Crippen LogP contribution >= 0.6 is 11.3 Å². The van der Waals surface area contributed by atoms with Crippen molar-refractivity contribution in [2.75, 3.05) is 7.11 Å². The van der Waals surface area contributed by atoms with Gasteiger partial charge < -0.3 is 4.74 Å². The second-order valence-corrected chi connectivity index (χ2v) is 3.98. The third-order valence-electron chi connectivity index (χ3n) is 1.85. The van der Waals surface area contributed by atoms with E-state index in [0.717, 1.165) is 4.88 Å². The molecule has 0 saturated heterocycles. The summed E-state index contributed by atoms with van der Waals surface area (Å²) in [4.78, 5) is 23.4. The van der Waals surface area contributed by atoms with Gasteiger partial charge in [0.15, 0.2) is 5.78 Å². The number of carbonyl (C=O) groups excluding carboxylic acids is 2. The molecule has 1 rings (SSSR count). The van der Waals surface area contributed by atoms with Crippen LogP contribution in [0.5, 0.6) is 0 Å². The van der Waals surface area contributed by atoms with Gasteiger partial charge in [-0.15, -0.1) is 11.3 Å². The van der Waals surface area contributed by atoms with E-state index in [-0.39, 0.29) is 11.4 Å². The van der Waals surface area contributed by atoms with E-state index in [1.165, 1.54) is 20.1 Å². The van der Waals surface area contributed by atoms with Gasteiger partial charge in [0.2, 0.25) is 0 Å². The summed E-state index contributed by atoms with van der Waals surface area (Å²) in [6.45, 7) is 1.34. The molecule has 0 amide bonds. The van der Waals surface area contributed by atoms with Crippen molar-refractivity contribution in [3.8, 4) is 0 Å². The van der Waals surface area contributed by atoms with Crippen LogP contribution in [0.15, 0.2) is 35.2 Å². The first kappa shape index (κ1) is 12.4. The van der Waals surface area contributed by atoms with Gasteiger partial charge >= 0.3 is 5.97 Å². The van der Waals surface area contributed by atoms with Gasteiger partial charge in [0.05, 0.1) is 7.11 Å². The SMILES string of the molecule is COC(=O)C(=CC=Cc1cccs1)C(C)=O. The fourth-order valence-electron chi connectivity index (χ4n) is 1.06. The van der Waals surface area contributed by atoms with Crippen molar-refractivity contribution in [1.82, 2.24) is 0 Å². The predicted octanol–water partition coefficient (Wildman–Crippen LogP) is 2.45. The molecule has 0 saturated carbocycles. The van der Waals surface area contributed by atoms with Gasteiger partial charge in [0.1, 0.15) is 5.57 Å². The Morgan fingerprint density at radius 3 is 2.69 bits per heavy atom. The largest absolute Gasteiger partial charge is 0.465 e. The fraction of sp³-hybridized carbons (Fsp3) is 0.167. The lowest BCUT2D eigenvalue weighted by Crippen LogP contribution is -2.11. The van der Waals surface area contributed by atoms with Gasteiger partial charge in [-0.05, 0) is 30.5 Å². The van der Waals surface area contributed by atoms with E-state index in [1.807, 2.05) is 23.6 Å². The molecule has 0 aliphatic heterocycles. The summed E-state index contributed by atoms with van der Waals surface area (Å²) in [5.41, 5.74) is 0.0512. The monoisotopic (exact) mass is 236 g/mol. The van der Waals surface area contributed by atoms with Gasteiger partial charge in [-0.1, -0.05) is 12.1 Å². The van der Waals surface area contributed by atoms with Gasteiger partial charge in [-0.2, -0.15) is 0 Å². The minimum Gasteiger partial charge on any atom is -0.465 e. The van der Waals surface area contributed by atoms with E-state index in [0.29, 0.717) is 0 Å². The molecule has 3 nitrogen and oxygen atoms in total. The van der Waals surface area contributed by atoms with Crippen molar-refractivity contribution in [2.24, 2.45) is 0 Å². The summed E-state index contributed by atoms with van der Waals surface area (Å²) < 4.78 is 4.50. The lowest BCUT2D eigenvalue weighted by molar-refractivity contribution is -0.137. The number of ketones is 1. The number of carbonyl (C=O) groups is 2. The topological polar surface area (TPSA) is 43.4 Å². The fourth-order valence-corrected chi connectivity index (χ4v) is 1.69. The van der Waals surface area contributed by atoms with E-state index in [2.05, 4.69) is 4.74 Å². The minimum atomic E-state index is -0.608. The maximum Gasteiger partial charge on any atom is 0.341 e. The number of hydrogen-bond acceptors (Lipinski definition) is 4. The maximum atomic E-state index is 11.2. The Morgan fingerprint density at radius 2 is 2.19 bits per heavy atom. The first-order valence-corrected chi connectivity index (χ1v) is 5.54. The average molecular weight is 236 g/mol. The summed E-state index contributed by atoms with van der Waals surface area (Å²) in [5.74, 6) is -0.911. The molecule has 4 heteroatoms. The number of ether oxygens (including phenoxy) is 1. The highest BCUT2D eigenvalue weighted by Crippen LogP contribution is 2.10. The average Bonchev–Trinajstić information content (AvgIpc) is 2.75. The summed E-state index contributed by atoms with van der Waals surface area (Å²) >= 11 is 1.58. The van der Waals surface area contributed by atoms with E-state index in [1.54, 1.807) is 17.4 Å². The Bertz CT molecular complexity index is 427. The maximum absolute atomic E-state index is 11.2. The third kappa shape index (κ3) is 3.47. The molecule has 0 aliphatic carbocycles. The highest BCUT2D eigenvalue weighted by molar-refractivity contribution is 7.10. The Hall–Kier alpha value is -1.68. The molecule has 84 valence electrons. The molecule has 0 bridgehead atoms. The normalized spacial score (nSPS) is 11.8. The first-order chi connectivity index (χ1) is 7.65. The zero-order valence-electron chi connectivity index (χ0n) is 9.10. The molecule has 0 radical (unpaired) electrons. The number of Topliss-reactive ketones (excluding diaryl/α,β-unsaturated/α-hetero) is 1. The number of esters is 1. The molecular formula is C12H12O3S. The third-order valence-corrected chi connectivity index (χ3v) is 2.69. The summed E-state index contributed by atoms with van der Waals surface area (Å²) in [6, 6.07) is 3.88. The van der Waals surface area contributed by atoms with Crippen LogP contribution in [0.4, 0.5) is 0 Å². The Kier molecular flexibility index (Phi) is 4.66. The highest BCUT2D eigenvalue weighted by Gasteiger charge is 2.12. The van der Waals surface area contributed by atoms with Crippen LogP contribution in [0, 0.1) is 0 Å². The van der Waals surface area contributed by atoms with Crippen LogP contribution in [0.2, 0.25) is 0 Å². The second kappa shape index (κ2) is 6.02. The number of hydrogen-bond donors (Lipinski definition) is 0. The van der Waals surface area contributed by atoms with Crippen molar-refractivity contribution in [3.05, 3.63) is 40.1 Å². The van der Waals surface area contributed by atoms with Crippen LogP contribution in [-0.2, 0) is 14.3 Å². The van der Waals surface area contributed by atoms with Crippen molar-refractivity contribution >= 4 is 29.2 Å². The molecule has 0 spiro atoms. The van der Waals surface area contributed by atoms with Crippen molar-refractivity contribution in [1.29, 1.82) is 0 Å². The van der Waals surface area contributed by atoms with Crippen LogP contribution in [0.1, 0.15) is 11.8 Å². The molecule has 0 aliphatic rings. The lowest BCUT2D eigenvalue weighted by atomic mass is 10.1.